The number of rotatable bonds is 12. The second kappa shape index (κ2) is 13.2. The maximum Gasteiger partial charge on any atom is 0.322 e. The van der Waals surface area contributed by atoms with Crippen molar-refractivity contribution in [2.75, 3.05) is 32.1 Å². The summed E-state index contributed by atoms with van der Waals surface area (Å²) in [5.41, 5.74) is 0.990. The van der Waals surface area contributed by atoms with Gasteiger partial charge in [-0.05, 0) is 24.6 Å². The Hall–Kier alpha value is -2.16. The topological polar surface area (TPSA) is 83.6 Å². The van der Waals surface area contributed by atoms with Crippen LogP contribution in [-0.4, -0.2) is 48.6 Å². The van der Waals surface area contributed by atoms with Gasteiger partial charge in [-0.15, -0.1) is 11.3 Å². The Kier molecular flexibility index (Phi) is 10.6. The molecule has 0 atom stereocenters. The number of anilines is 1. The molecule has 0 fully saturated rings. The van der Waals surface area contributed by atoms with Gasteiger partial charge in [0.05, 0.1) is 13.2 Å². The molecule has 2 aromatic rings. The highest BCUT2D eigenvalue weighted by molar-refractivity contribution is 7.09. The Balaban J connectivity index is 1.94. The van der Waals surface area contributed by atoms with Crippen molar-refractivity contribution in [1.29, 1.82) is 0 Å². The Bertz CT molecular complexity index is 815. The molecule has 0 saturated carbocycles. The number of hydrogen-bond acceptors (Lipinski definition) is 5. The molecule has 0 aliphatic carbocycles. The third kappa shape index (κ3) is 8.30. The minimum absolute atomic E-state index is 0.180. The van der Waals surface area contributed by atoms with Gasteiger partial charge in [0.25, 0.3) is 5.91 Å². The highest BCUT2D eigenvalue weighted by Gasteiger charge is 2.18. The van der Waals surface area contributed by atoms with Gasteiger partial charge in [0.1, 0.15) is 10.7 Å². The predicted octanol–water partition coefficient (Wildman–Crippen LogP) is 4.79. The second-order valence-corrected chi connectivity index (χ2v) is 8.18. The smallest absolute Gasteiger partial charge is 0.322 e. The molecule has 3 amide bonds. The minimum Gasteiger partial charge on any atom is -0.383 e. The molecule has 164 valence electrons. The van der Waals surface area contributed by atoms with Crippen molar-refractivity contribution >= 4 is 40.6 Å². The molecule has 0 bridgehead atoms. The maximum atomic E-state index is 12.7. The third-order valence-corrected chi connectivity index (χ3v) is 5.42. The van der Waals surface area contributed by atoms with Crippen LogP contribution in [0.25, 0.3) is 0 Å². The highest BCUT2D eigenvalue weighted by atomic mass is 35.5. The van der Waals surface area contributed by atoms with Crippen LogP contribution in [0.3, 0.4) is 0 Å². The van der Waals surface area contributed by atoms with E-state index in [1.165, 1.54) is 17.8 Å². The van der Waals surface area contributed by atoms with Gasteiger partial charge in [-0.25, -0.2) is 9.78 Å². The van der Waals surface area contributed by atoms with Gasteiger partial charge in [0, 0.05) is 36.3 Å². The fourth-order valence-electron chi connectivity index (χ4n) is 2.72. The summed E-state index contributed by atoms with van der Waals surface area (Å²) >= 11 is 7.34. The average Bonchev–Trinajstić information content (AvgIpc) is 3.19. The lowest BCUT2D eigenvalue weighted by atomic mass is 10.2. The number of aromatic nitrogens is 1. The number of hydrogen-bond donors (Lipinski definition) is 2. The number of carbonyl (C=O) groups is 2. The first-order valence-corrected chi connectivity index (χ1v) is 11.3. The number of nitrogens with one attached hydrogen (secondary N) is 2. The molecule has 2 rings (SSSR count). The summed E-state index contributed by atoms with van der Waals surface area (Å²) in [6.07, 6.45) is 4.40. The van der Waals surface area contributed by atoms with Crippen molar-refractivity contribution < 1.29 is 14.3 Å². The van der Waals surface area contributed by atoms with E-state index in [2.05, 4.69) is 22.5 Å². The summed E-state index contributed by atoms with van der Waals surface area (Å²) in [7, 11) is 1.58. The second-order valence-electron chi connectivity index (χ2n) is 6.80. The zero-order valence-electron chi connectivity index (χ0n) is 17.4. The van der Waals surface area contributed by atoms with E-state index in [-0.39, 0.29) is 18.5 Å². The van der Waals surface area contributed by atoms with Gasteiger partial charge in [-0.1, -0.05) is 43.9 Å². The first kappa shape index (κ1) is 24.1. The van der Waals surface area contributed by atoms with E-state index in [1.54, 1.807) is 41.7 Å². The number of methoxy groups -OCH3 is 1. The standard InChI is InChI=1S/C21H29ClN4O3S/c1-3-4-5-6-10-23-20(27)18-15-30-19(25-18)14-26(11-12-29-2)21(28)24-17-9-7-8-16(22)13-17/h7-9,13,15H,3-6,10-12,14H2,1-2H3,(H,23,27)(H,24,28). The molecule has 0 saturated heterocycles. The number of nitrogens with zero attached hydrogens (tertiary/aromatic N) is 2. The van der Waals surface area contributed by atoms with E-state index in [4.69, 9.17) is 16.3 Å². The van der Waals surface area contributed by atoms with Crippen molar-refractivity contribution in [3.05, 3.63) is 45.4 Å². The van der Waals surface area contributed by atoms with E-state index in [0.717, 1.165) is 19.3 Å². The van der Waals surface area contributed by atoms with E-state index in [1.807, 2.05) is 0 Å². The lowest BCUT2D eigenvalue weighted by Crippen LogP contribution is -2.36. The molecule has 7 nitrogen and oxygen atoms in total. The summed E-state index contributed by atoms with van der Waals surface area (Å²) < 4.78 is 5.12. The quantitative estimate of drug-likeness (QED) is 0.453. The van der Waals surface area contributed by atoms with Gasteiger partial charge in [0.15, 0.2) is 0 Å². The Morgan fingerprint density at radius 1 is 1.27 bits per heavy atom. The molecule has 0 aliphatic heterocycles. The van der Waals surface area contributed by atoms with Crippen LogP contribution in [0, 0.1) is 0 Å². The number of benzene rings is 1. The van der Waals surface area contributed by atoms with Crippen molar-refractivity contribution in [3.8, 4) is 0 Å². The number of thiazole rings is 1. The Morgan fingerprint density at radius 2 is 2.10 bits per heavy atom. The molecule has 0 aliphatic rings. The first-order valence-electron chi connectivity index (χ1n) is 10.1. The largest absolute Gasteiger partial charge is 0.383 e. The fraction of sp³-hybridized carbons (Fsp3) is 0.476. The van der Waals surface area contributed by atoms with Gasteiger partial charge in [-0.2, -0.15) is 0 Å². The molecular formula is C21H29ClN4O3S. The molecule has 9 heteroatoms. The van der Waals surface area contributed by atoms with Gasteiger partial charge < -0.3 is 20.3 Å². The monoisotopic (exact) mass is 452 g/mol. The maximum absolute atomic E-state index is 12.7. The van der Waals surface area contributed by atoms with Crippen LogP contribution < -0.4 is 10.6 Å². The van der Waals surface area contributed by atoms with Crippen LogP contribution in [0.1, 0.15) is 48.1 Å². The zero-order valence-corrected chi connectivity index (χ0v) is 19.0. The molecule has 0 radical (unpaired) electrons. The van der Waals surface area contributed by atoms with Gasteiger partial charge in [-0.3, -0.25) is 4.79 Å². The molecule has 30 heavy (non-hydrogen) atoms. The summed E-state index contributed by atoms with van der Waals surface area (Å²) in [5, 5.41) is 8.68. The lowest BCUT2D eigenvalue weighted by molar-refractivity contribution is 0.0948. The summed E-state index contributed by atoms with van der Waals surface area (Å²) in [5.74, 6) is -0.180. The normalized spacial score (nSPS) is 10.6. The van der Waals surface area contributed by atoms with E-state index >= 15 is 0 Å². The van der Waals surface area contributed by atoms with Crippen LogP contribution in [0.2, 0.25) is 5.02 Å². The summed E-state index contributed by atoms with van der Waals surface area (Å²) in [6, 6.07) is 6.67. The highest BCUT2D eigenvalue weighted by Crippen LogP contribution is 2.17. The van der Waals surface area contributed by atoms with Crippen molar-refractivity contribution in [2.24, 2.45) is 0 Å². The van der Waals surface area contributed by atoms with Crippen molar-refractivity contribution in [1.82, 2.24) is 15.2 Å². The van der Waals surface area contributed by atoms with Crippen LogP contribution >= 0.6 is 22.9 Å². The Morgan fingerprint density at radius 3 is 2.83 bits per heavy atom. The minimum atomic E-state index is -0.286. The number of urea groups is 1. The number of ether oxygens (including phenoxy) is 1. The van der Waals surface area contributed by atoms with Gasteiger partial charge >= 0.3 is 6.03 Å². The fourth-order valence-corrected chi connectivity index (χ4v) is 3.70. The summed E-state index contributed by atoms with van der Waals surface area (Å²) in [4.78, 5) is 31.0. The molecule has 1 aromatic carbocycles. The predicted molar refractivity (Wildman–Crippen MR) is 121 cm³/mol. The van der Waals surface area contributed by atoms with Gasteiger partial charge in [0.2, 0.25) is 0 Å². The van der Waals surface area contributed by atoms with Crippen molar-refractivity contribution in [3.63, 3.8) is 0 Å². The molecule has 0 unspecified atom stereocenters. The number of carbonyl (C=O) groups excluding carboxylic acids is 2. The number of halogens is 1. The van der Waals surface area contributed by atoms with Crippen LogP contribution in [0.5, 0.6) is 0 Å². The molecule has 0 spiro atoms. The van der Waals surface area contributed by atoms with E-state index in [9.17, 15) is 9.59 Å². The van der Waals surface area contributed by atoms with Crippen LogP contribution in [-0.2, 0) is 11.3 Å². The zero-order chi connectivity index (χ0) is 21.8. The van der Waals surface area contributed by atoms with Crippen LogP contribution in [0.15, 0.2) is 29.6 Å². The average molecular weight is 453 g/mol. The molecule has 2 N–H and O–H groups in total. The first-order chi connectivity index (χ1) is 14.5. The Labute approximate surface area is 186 Å². The molecular weight excluding hydrogens is 424 g/mol. The van der Waals surface area contributed by atoms with E-state index in [0.29, 0.717) is 41.1 Å². The van der Waals surface area contributed by atoms with Crippen LogP contribution in [0.4, 0.5) is 10.5 Å². The third-order valence-electron chi connectivity index (χ3n) is 4.35. The van der Waals surface area contributed by atoms with Crippen molar-refractivity contribution in [2.45, 2.75) is 39.2 Å². The van der Waals surface area contributed by atoms with E-state index < -0.39 is 0 Å². The lowest BCUT2D eigenvalue weighted by Gasteiger charge is -2.21. The SMILES string of the molecule is CCCCCCNC(=O)c1csc(CN(CCOC)C(=O)Nc2cccc(Cl)c2)n1. The molecule has 1 heterocycles. The molecule has 1 aromatic heterocycles. The number of amides is 3. The summed E-state index contributed by atoms with van der Waals surface area (Å²) in [6.45, 7) is 3.86. The number of unbranched alkanes of at least 4 members (excludes halogenated alkanes) is 3.